The molecule has 1 aliphatic carbocycles. The lowest BCUT2D eigenvalue weighted by molar-refractivity contribution is -0.119. The summed E-state index contributed by atoms with van der Waals surface area (Å²) in [6.45, 7) is 5.13. The van der Waals surface area contributed by atoms with E-state index in [9.17, 15) is 19.2 Å². The van der Waals surface area contributed by atoms with Crippen LogP contribution in [-0.2, 0) is 34.2 Å². The van der Waals surface area contributed by atoms with Gasteiger partial charge >= 0.3 is 11.9 Å². The molecule has 166 valence electrons. The molecule has 1 unspecified atom stereocenters. The van der Waals surface area contributed by atoms with Gasteiger partial charge in [0.2, 0.25) is 0 Å². The monoisotopic (exact) mass is 447 g/mol. The molecule has 31 heavy (non-hydrogen) atoms. The third kappa shape index (κ3) is 5.38. The largest absolute Gasteiger partial charge is 0.459 e. The zero-order chi connectivity index (χ0) is 22.7. The van der Waals surface area contributed by atoms with Crippen LogP contribution in [0.3, 0.4) is 0 Å². The van der Waals surface area contributed by atoms with E-state index >= 15 is 0 Å². The van der Waals surface area contributed by atoms with Gasteiger partial charge in [0, 0.05) is 18.0 Å². The van der Waals surface area contributed by atoms with Crippen LogP contribution in [0, 0.1) is 5.92 Å². The van der Waals surface area contributed by atoms with E-state index in [1.165, 1.54) is 30.5 Å². The molecule has 0 spiro atoms. The van der Waals surface area contributed by atoms with Gasteiger partial charge in [-0.2, -0.15) is 5.10 Å². The SMILES string of the molecule is CC1CCc2c(sc(NC(=O)COC(=O)c3ccc(=O)n(C)n3)c2C(=O)OC(C)C)C1. The standard InChI is InChI=1S/C21H25N3O6S/c1-11(2)30-21(28)18-13-6-5-12(3)9-15(13)31-19(18)22-16(25)10-29-20(27)14-7-8-17(26)24(4)23-14/h7-8,11-12H,5-6,9-10H2,1-4H3,(H,22,25). The van der Waals surface area contributed by atoms with Gasteiger partial charge < -0.3 is 14.8 Å². The molecule has 1 amide bonds. The number of carbonyl (C=O) groups excluding carboxylic acids is 3. The number of aromatic nitrogens is 2. The molecule has 0 aliphatic heterocycles. The average Bonchev–Trinajstić information content (AvgIpc) is 3.04. The highest BCUT2D eigenvalue weighted by Gasteiger charge is 2.29. The number of nitrogens with one attached hydrogen (secondary N) is 1. The van der Waals surface area contributed by atoms with Crippen molar-refractivity contribution in [2.45, 2.75) is 46.1 Å². The van der Waals surface area contributed by atoms with Crippen molar-refractivity contribution < 1.29 is 23.9 Å². The number of nitrogens with zero attached hydrogens (tertiary/aromatic N) is 2. The molecule has 1 aliphatic rings. The molecule has 0 saturated carbocycles. The Morgan fingerprint density at radius 2 is 2.03 bits per heavy atom. The molecule has 2 aromatic heterocycles. The normalized spacial score (nSPS) is 15.3. The number of hydrogen-bond acceptors (Lipinski definition) is 8. The van der Waals surface area contributed by atoms with E-state index in [0.29, 0.717) is 16.5 Å². The molecule has 0 saturated heterocycles. The van der Waals surface area contributed by atoms with Gasteiger partial charge in [-0.05, 0) is 50.7 Å². The van der Waals surface area contributed by atoms with Crippen molar-refractivity contribution in [2.24, 2.45) is 13.0 Å². The summed E-state index contributed by atoms with van der Waals surface area (Å²) >= 11 is 1.36. The highest BCUT2D eigenvalue weighted by molar-refractivity contribution is 7.17. The van der Waals surface area contributed by atoms with Crippen molar-refractivity contribution in [3.8, 4) is 0 Å². The zero-order valence-corrected chi connectivity index (χ0v) is 18.7. The maximum absolute atomic E-state index is 12.7. The summed E-state index contributed by atoms with van der Waals surface area (Å²) < 4.78 is 11.4. The maximum Gasteiger partial charge on any atom is 0.359 e. The Kier molecular flexibility index (Phi) is 6.89. The van der Waals surface area contributed by atoms with Crippen LogP contribution in [0.1, 0.15) is 58.5 Å². The summed E-state index contributed by atoms with van der Waals surface area (Å²) in [4.78, 5) is 49.7. The van der Waals surface area contributed by atoms with Crippen molar-refractivity contribution >= 4 is 34.2 Å². The maximum atomic E-state index is 12.7. The lowest BCUT2D eigenvalue weighted by Crippen LogP contribution is -2.25. The van der Waals surface area contributed by atoms with Crippen molar-refractivity contribution in [1.29, 1.82) is 0 Å². The molecule has 0 aromatic carbocycles. The predicted molar refractivity (Wildman–Crippen MR) is 114 cm³/mol. The van der Waals surface area contributed by atoms with Gasteiger partial charge in [0.1, 0.15) is 5.00 Å². The predicted octanol–water partition coefficient (Wildman–Crippen LogP) is 2.33. The molecule has 2 aromatic rings. The van der Waals surface area contributed by atoms with Gasteiger partial charge in [-0.25, -0.2) is 14.3 Å². The van der Waals surface area contributed by atoms with Crippen molar-refractivity contribution in [3.63, 3.8) is 0 Å². The number of amides is 1. The third-order valence-corrected chi connectivity index (χ3v) is 5.99. The Labute approximate surface area is 183 Å². The lowest BCUT2D eigenvalue weighted by Gasteiger charge is -2.18. The highest BCUT2D eigenvalue weighted by atomic mass is 32.1. The van der Waals surface area contributed by atoms with E-state index in [1.807, 2.05) is 0 Å². The molecule has 3 rings (SSSR count). The number of fused-ring (bicyclic) bond motifs is 1. The first kappa shape index (κ1) is 22.7. The quantitative estimate of drug-likeness (QED) is 0.676. The van der Waals surface area contributed by atoms with E-state index in [2.05, 4.69) is 17.3 Å². The minimum Gasteiger partial charge on any atom is -0.459 e. The molecule has 0 bridgehead atoms. The van der Waals surface area contributed by atoms with Gasteiger partial charge in [0.05, 0.1) is 11.7 Å². The average molecular weight is 448 g/mol. The number of aryl methyl sites for hydroxylation is 1. The molecule has 2 heterocycles. The van der Waals surface area contributed by atoms with Crippen LogP contribution in [0.2, 0.25) is 0 Å². The van der Waals surface area contributed by atoms with E-state index in [0.717, 1.165) is 34.4 Å². The Hall–Kier alpha value is -3.01. The second-order valence-corrected chi connectivity index (χ2v) is 8.92. The highest BCUT2D eigenvalue weighted by Crippen LogP contribution is 2.40. The summed E-state index contributed by atoms with van der Waals surface area (Å²) in [6, 6.07) is 2.42. The van der Waals surface area contributed by atoms with Crippen LogP contribution < -0.4 is 10.9 Å². The summed E-state index contributed by atoms with van der Waals surface area (Å²) in [7, 11) is 1.41. The van der Waals surface area contributed by atoms with E-state index in [-0.39, 0.29) is 17.4 Å². The first-order valence-electron chi connectivity index (χ1n) is 10.0. The molecule has 1 N–H and O–H groups in total. The minimum atomic E-state index is -0.829. The van der Waals surface area contributed by atoms with Gasteiger partial charge in [-0.15, -0.1) is 11.3 Å². The summed E-state index contributed by atoms with van der Waals surface area (Å²) in [5.74, 6) is -1.38. The summed E-state index contributed by atoms with van der Waals surface area (Å²) in [6.07, 6.45) is 2.26. The topological polar surface area (TPSA) is 117 Å². The molecule has 0 radical (unpaired) electrons. The summed E-state index contributed by atoms with van der Waals surface area (Å²) in [5.41, 5.74) is 0.859. The second-order valence-electron chi connectivity index (χ2n) is 7.81. The Morgan fingerprint density at radius 1 is 1.29 bits per heavy atom. The van der Waals surface area contributed by atoms with Gasteiger partial charge in [-0.1, -0.05) is 6.92 Å². The molecular weight excluding hydrogens is 422 g/mol. The van der Waals surface area contributed by atoms with E-state index in [4.69, 9.17) is 9.47 Å². The fraction of sp³-hybridized carbons (Fsp3) is 0.476. The molecule has 10 heteroatoms. The fourth-order valence-corrected chi connectivity index (χ4v) is 4.72. The third-order valence-electron chi connectivity index (χ3n) is 4.82. The van der Waals surface area contributed by atoms with Crippen LogP contribution in [0.25, 0.3) is 0 Å². The van der Waals surface area contributed by atoms with E-state index in [1.54, 1.807) is 13.8 Å². The smallest absolute Gasteiger partial charge is 0.359 e. The van der Waals surface area contributed by atoms with Crippen LogP contribution in [0.4, 0.5) is 5.00 Å². The van der Waals surface area contributed by atoms with Crippen LogP contribution in [-0.4, -0.2) is 40.3 Å². The van der Waals surface area contributed by atoms with Gasteiger partial charge in [0.25, 0.3) is 11.5 Å². The molecule has 0 fully saturated rings. The zero-order valence-electron chi connectivity index (χ0n) is 17.9. The second kappa shape index (κ2) is 9.42. The number of esters is 2. The van der Waals surface area contributed by atoms with Crippen molar-refractivity contribution in [1.82, 2.24) is 9.78 Å². The number of rotatable bonds is 6. The molecule has 9 nitrogen and oxygen atoms in total. The first-order valence-corrected chi connectivity index (χ1v) is 10.8. The number of ether oxygens (including phenoxy) is 2. The number of carbonyl (C=O) groups is 3. The van der Waals surface area contributed by atoms with Crippen LogP contribution in [0.5, 0.6) is 0 Å². The minimum absolute atomic E-state index is 0.0864. The van der Waals surface area contributed by atoms with Gasteiger partial charge in [-0.3, -0.25) is 9.59 Å². The number of anilines is 1. The summed E-state index contributed by atoms with van der Waals surface area (Å²) in [5, 5.41) is 6.89. The van der Waals surface area contributed by atoms with Crippen LogP contribution in [0.15, 0.2) is 16.9 Å². The Morgan fingerprint density at radius 3 is 2.71 bits per heavy atom. The molecule has 1 atom stereocenters. The Balaban J connectivity index is 1.72. The Bertz CT molecular complexity index is 1070. The van der Waals surface area contributed by atoms with Crippen LogP contribution >= 0.6 is 11.3 Å². The van der Waals surface area contributed by atoms with Crippen molar-refractivity contribution in [2.75, 3.05) is 11.9 Å². The fourth-order valence-electron chi connectivity index (χ4n) is 3.31. The number of hydrogen-bond donors (Lipinski definition) is 1. The van der Waals surface area contributed by atoms with Crippen molar-refractivity contribution in [3.05, 3.63) is 44.2 Å². The first-order chi connectivity index (χ1) is 14.7. The lowest BCUT2D eigenvalue weighted by atomic mass is 9.88. The molecular formula is C21H25N3O6S. The van der Waals surface area contributed by atoms with Gasteiger partial charge in [0.15, 0.2) is 12.3 Å². The van der Waals surface area contributed by atoms with E-state index < -0.39 is 24.5 Å². The number of thiophene rings is 1.